The predicted octanol–water partition coefficient (Wildman–Crippen LogP) is 3.59. The minimum Gasteiger partial charge on any atom is -0.465 e. The lowest BCUT2D eigenvalue weighted by Gasteiger charge is -2.12. The van der Waals surface area contributed by atoms with Crippen molar-refractivity contribution in [1.29, 1.82) is 0 Å². The van der Waals surface area contributed by atoms with Crippen LogP contribution >= 0.6 is 11.8 Å². The Hall–Kier alpha value is -2.27. The second-order valence-electron chi connectivity index (χ2n) is 4.63. The summed E-state index contributed by atoms with van der Waals surface area (Å²) in [4.78, 5) is 24.7. The lowest BCUT2D eigenvalue weighted by atomic mass is 10.2. The minimum atomic E-state index is -0.428. The first-order valence-corrected chi connectivity index (χ1v) is 7.69. The number of methoxy groups -OCH3 is 1. The number of nitrogens with one attached hydrogen (secondary N) is 1. The van der Waals surface area contributed by atoms with Gasteiger partial charge >= 0.3 is 5.97 Å². The molecular weight excluding hydrogens is 298 g/mol. The molecule has 0 bridgehead atoms. The fraction of sp³-hybridized carbons (Fsp3) is 0.176. The number of anilines is 1. The number of amides is 1. The quantitative estimate of drug-likeness (QED) is 0.676. The Morgan fingerprint density at radius 2 is 1.82 bits per heavy atom. The van der Waals surface area contributed by atoms with Gasteiger partial charge in [-0.2, -0.15) is 0 Å². The van der Waals surface area contributed by atoms with Gasteiger partial charge < -0.3 is 10.1 Å². The Labute approximate surface area is 133 Å². The highest BCUT2D eigenvalue weighted by atomic mass is 32.2. The molecule has 0 radical (unpaired) electrons. The van der Waals surface area contributed by atoms with Crippen LogP contribution in [0.5, 0.6) is 0 Å². The van der Waals surface area contributed by atoms with Gasteiger partial charge in [-0.3, -0.25) is 4.79 Å². The zero-order chi connectivity index (χ0) is 15.9. The van der Waals surface area contributed by atoms with Crippen LogP contribution in [0.15, 0.2) is 59.5 Å². The molecule has 2 aromatic carbocycles. The first-order chi connectivity index (χ1) is 10.6. The van der Waals surface area contributed by atoms with E-state index in [0.717, 1.165) is 4.90 Å². The van der Waals surface area contributed by atoms with Crippen LogP contribution < -0.4 is 5.32 Å². The van der Waals surface area contributed by atoms with Gasteiger partial charge in [-0.1, -0.05) is 24.3 Å². The van der Waals surface area contributed by atoms with E-state index in [-0.39, 0.29) is 11.2 Å². The number of esters is 1. The first kappa shape index (κ1) is 16.1. The monoisotopic (exact) mass is 315 g/mol. The van der Waals surface area contributed by atoms with Crippen molar-refractivity contribution in [3.63, 3.8) is 0 Å². The summed E-state index contributed by atoms with van der Waals surface area (Å²) in [6, 6.07) is 16.4. The molecule has 2 rings (SSSR count). The van der Waals surface area contributed by atoms with E-state index in [9.17, 15) is 9.59 Å². The van der Waals surface area contributed by atoms with E-state index >= 15 is 0 Å². The number of hydrogen-bond donors (Lipinski definition) is 1. The zero-order valence-corrected chi connectivity index (χ0v) is 13.2. The molecule has 0 aliphatic heterocycles. The molecule has 0 fully saturated rings. The molecule has 1 atom stereocenters. The molecule has 22 heavy (non-hydrogen) atoms. The number of hydrogen-bond acceptors (Lipinski definition) is 4. The van der Waals surface area contributed by atoms with E-state index < -0.39 is 5.97 Å². The molecule has 1 amide bonds. The molecule has 0 aliphatic rings. The van der Waals surface area contributed by atoms with Crippen LogP contribution in [0.2, 0.25) is 0 Å². The molecule has 114 valence electrons. The van der Waals surface area contributed by atoms with Crippen molar-refractivity contribution in [3.05, 3.63) is 60.2 Å². The van der Waals surface area contributed by atoms with Crippen molar-refractivity contribution in [2.24, 2.45) is 0 Å². The van der Waals surface area contributed by atoms with Gasteiger partial charge in [0.05, 0.1) is 17.9 Å². The topological polar surface area (TPSA) is 55.4 Å². The maximum Gasteiger partial charge on any atom is 0.337 e. The number of benzene rings is 2. The zero-order valence-electron chi connectivity index (χ0n) is 12.4. The summed E-state index contributed by atoms with van der Waals surface area (Å²) in [6.07, 6.45) is 0. The number of carbonyl (C=O) groups is 2. The van der Waals surface area contributed by atoms with Crippen LogP contribution in [0.3, 0.4) is 0 Å². The second-order valence-corrected chi connectivity index (χ2v) is 6.05. The molecule has 1 N–H and O–H groups in total. The molecule has 0 saturated heterocycles. The average Bonchev–Trinajstić information content (AvgIpc) is 2.55. The molecule has 4 nitrogen and oxygen atoms in total. The fourth-order valence-electron chi connectivity index (χ4n) is 1.84. The van der Waals surface area contributed by atoms with Gasteiger partial charge in [0, 0.05) is 10.6 Å². The van der Waals surface area contributed by atoms with Crippen LogP contribution in [-0.4, -0.2) is 24.2 Å². The largest absolute Gasteiger partial charge is 0.465 e. The number of thioether (sulfide) groups is 1. The van der Waals surface area contributed by atoms with E-state index in [1.54, 1.807) is 24.3 Å². The Bertz CT molecular complexity index is 658. The maximum atomic E-state index is 12.2. The van der Waals surface area contributed by atoms with Crippen molar-refractivity contribution in [2.45, 2.75) is 17.1 Å². The van der Waals surface area contributed by atoms with Crippen molar-refractivity contribution in [2.75, 3.05) is 12.4 Å². The number of ether oxygens (including phenoxy) is 1. The lowest BCUT2D eigenvalue weighted by Crippen LogP contribution is -2.22. The van der Waals surface area contributed by atoms with E-state index in [1.165, 1.54) is 18.9 Å². The van der Waals surface area contributed by atoms with Crippen LogP contribution in [0, 0.1) is 0 Å². The van der Waals surface area contributed by atoms with E-state index in [2.05, 4.69) is 10.1 Å². The standard InChI is InChI=1S/C17H17NO3S/c1-12(22-15-9-4-3-5-10-15)16(19)18-14-8-6-7-13(11-14)17(20)21-2/h3-12H,1-2H3,(H,18,19). The Morgan fingerprint density at radius 3 is 2.50 bits per heavy atom. The smallest absolute Gasteiger partial charge is 0.337 e. The van der Waals surface area contributed by atoms with Gasteiger partial charge in [-0.15, -0.1) is 11.8 Å². The van der Waals surface area contributed by atoms with Gasteiger partial charge in [0.2, 0.25) is 5.91 Å². The third kappa shape index (κ3) is 4.36. The summed E-state index contributed by atoms with van der Waals surface area (Å²) in [5.74, 6) is -0.543. The summed E-state index contributed by atoms with van der Waals surface area (Å²) < 4.78 is 4.67. The summed E-state index contributed by atoms with van der Waals surface area (Å²) in [6.45, 7) is 1.84. The second kappa shape index (κ2) is 7.66. The molecule has 1 unspecified atom stereocenters. The number of rotatable bonds is 5. The van der Waals surface area contributed by atoms with E-state index in [1.807, 2.05) is 37.3 Å². The maximum absolute atomic E-state index is 12.2. The molecular formula is C17H17NO3S. The average molecular weight is 315 g/mol. The van der Waals surface area contributed by atoms with Crippen molar-refractivity contribution >= 4 is 29.3 Å². The van der Waals surface area contributed by atoms with Crippen molar-refractivity contribution in [1.82, 2.24) is 0 Å². The van der Waals surface area contributed by atoms with Gasteiger partial charge in [-0.05, 0) is 37.3 Å². The summed E-state index contributed by atoms with van der Waals surface area (Å²) in [5, 5.41) is 2.57. The van der Waals surface area contributed by atoms with Gasteiger partial charge in [-0.25, -0.2) is 4.79 Å². The van der Waals surface area contributed by atoms with E-state index in [4.69, 9.17) is 0 Å². The Balaban J connectivity index is 2.01. The molecule has 0 saturated carbocycles. The molecule has 0 aromatic heterocycles. The summed E-state index contributed by atoms with van der Waals surface area (Å²) in [7, 11) is 1.33. The van der Waals surface area contributed by atoms with Crippen molar-refractivity contribution < 1.29 is 14.3 Å². The van der Waals surface area contributed by atoms with Crippen LogP contribution in [0.1, 0.15) is 17.3 Å². The first-order valence-electron chi connectivity index (χ1n) is 6.81. The molecule has 0 spiro atoms. The molecule has 0 aliphatic carbocycles. The summed E-state index contributed by atoms with van der Waals surface area (Å²) >= 11 is 1.48. The fourth-order valence-corrected chi connectivity index (χ4v) is 2.73. The third-order valence-electron chi connectivity index (χ3n) is 2.98. The van der Waals surface area contributed by atoms with Crippen molar-refractivity contribution in [3.8, 4) is 0 Å². The SMILES string of the molecule is COC(=O)c1cccc(NC(=O)C(C)Sc2ccccc2)c1. The lowest BCUT2D eigenvalue weighted by molar-refractivity contribution is -0.115. The highest BCUT2D eigenvalue weighted by Crippen LogP contribution is 2.23. The highest BCUT2D eigenvalue weighted by Gasteiger charge is 2.15. The Kier molecular flexibility index (Phi) is 5.61. The summed E-state index contributed by atoms with van der Waals surface area (Å²) in [5.41, 5.74) is 0.983. The van der Waals surface area contributed by atoms with Gasteiger partial charge in [0.1, 0.15) is 0 Å². The van der Waals surface area contributed by atoms with Crippen LogP contribution in [0.25, 0.3) is 0 Å². The molecule has 5 heteroatoms. The van der Waals surface area contributed by atoms with Crippen LogP contribution in [-0.2, 0) is 9.53 Å². The number of carbonyl (C=O) groups excluding carboxylic acids is 2. The highest BCUT2D eigenvalue weighted by molar-refractivity contribution is 8.00. The normalized spacial score (nSPS) is 11.5. The Morgan fingerprint density at radius 1 is 1.09 bits per heavy atom. The van der Waals surface area contributed by atoms with Gasteiger partial charge in [0.25, 0.3) is 0 Å². The van der Waals surface area contributed by atoms with Crippen LogP contribution in [0.4, 0.5) is 5.69 Å². The molecule has 0 heterocycles. The third-order valence-corrected chi connectivity index (χ3v) is 4.09. The molecule has 2 aromatic rings. The predicted molar refractivity (Wildman–Crippen MR) is 88.2 cm³/mol. The van der Waals surface area contributed by atoms with E-state index in [0.29, 0.717) is 11.3 Å². The van der Waals surface area contributed by atoms with Gasteiger partial charge in [0.15, 0.2) is 0 Å². The minimum absolute atomic E-state index is 0.115.